The van der Waals surface area contributed by atoms with Gasteiger partial charge in [-0.3, -0.25) is 0 Å². The van der Waals surface area contributed by atoms with Crippen molar-refractivity contribution in [2.75, 3.05) is 26.2 Å². The third kappa shape index (κ3) is 6.62. The van der Waals surface area contributed by atoms with Gasteiger partial charge in [0.25, 0.3) is 0 Å². The number of nitrogens with two attached hydrogens (primary N) is 3. The molecule has 1 aromatic carbocycles. The van der Waals surface area contributed by atoms with Gasteiger partial charge in [-0.1, -0.05) is 13.8 Å². The quantitative estimate of drug-likeness (QED) is 0.503. The van der Waals surface area contributed by atoms with Crippen molar-refractivity contribution >= 4 is 17.6 Å². The molecule has 0 bridgehead atoms. The molecule has 6 N–H and O–H groups in total. The average Bonchev–Trinajstić information content (AvgIpc) is 2.44. The molecule has 0 amide bonds. The van der Waals surface area contributed by atoms with Crippen molar-refractivity contribution in [3.05, 3.63) is 24.3 Å². The standard InChI is InChI=1S/C14H24N6O/c1-3-20(4-2)9-10-21-12-7-5-11(6-8-12)18-14(17)19-13(15)16/h5-8H,3-4,9-10H2,1-2H3,(H6,15,16,17,18,19). The van der Waals surface area contributed by atoms with Crippen molar-refractivity contribution < 1.29 is 4.74 Å². The monoisotopic (exact) mass is 292 g/mol. The Morgan fingerprint density at radius 1 is 1.10 bits per heavy atom. The Morgan fingerprint density at radius 3 is 2.24 bits per heavy atom. The molecule has 0 aromatic heterocycles. The Bertz CT molecular complexity index is 475. The normalized spacial score (nSPS) is 11.5. The minimum atomic E-state index is -0.118. The van der Waals surface area contributed by atoms with Crippen molar-refractivity contribution in [1.82, 2.24) is 4.90 Å². The summed E-state index contributed by atoms with van der Waals surface area (Å²) >= 11 is 0. The predicted octanol–water partition coefficient (Wildman–Crippen LogP) is 0.627. The van der Waals surface area contributed by atoms with Crippen LogP contribution < -0.4 is 21.9 Å². The van der Waals surface area contributed by atoms with Crippen LogP contribution in [0.5, 0.6) is 5.75 Å². The van der Waals surface area contributed by atoms with Gasteiger partial charge in [-0.2, -0.15) is 4.99 Å². The van der Waals surface area contributed by atoms with Gasteiger partial charge >= 0.3 is 0 Å². The van der Waals surface area contributed by atoms with Gasteiger partial charge in [-0.05, 0) is 37.4 Å². The van der Waals surface area contributed by atoms with Crippen LogP contribution in [0.4, 0.5) is 5.69 Å². The summed E-state index contributed by atoms with van der Waals surface area (Å²) in [6.45, 7) is 7.88. The Labute approximate surface area is 125 Å². The van der Waals surface area contributed by atoms with Crippen LogP contribution in [-0.2, 0) is 0 Å². The second-order valence-corrected chi connectivity index (χ2v) is 4.38. The molecule has 1 aromatic rings. The molecule has 0 aliphatic carbocycles. The fourth-order valence-electron chi connectivity index (χ4n) is 1.74. The van der Waals surface area contributed by atoms with E-state index >= 15 is 0 Å². The Balaban J connectivity index is 2.53. The summed E-state index contributed by atoms with van der Waals surface area (Å²) in [7, 11) is 0. The number of aliphatic imine (C=N–C) groups is 2. The number of hydrogen-bond acceptors (Lipinski definition) is 3. The number of ether oxygens (including phenoxy) is 1. The summed E-state index contributed by atoms with van der Waals surface area (Å²) in [5.41, 5.74) is 16.6. The molecule has 0 unspecified atom stereocenters. The Hall–Kier alpha value is -2.28. The van der Waals surface area contributed by atoms with Crippen LogP contribution in [0.1, 0.15) is 13.8 Å². The van der Waals surface area contributed by atoms with E-state index in [4.69, 9.17) is 21.9 Å². The first-order chi connectivity index (χ1) is 10.0. The molecule has 0 fully saturated rings. The molecule has 116 valence electrons. The molecule has 0 saturated heterocycles. The SMILES string of the molecule is CCN(CC)CCOc1ccc(N=C(N)N=C(N)N)cc1. The first kappa shape index (κ1) is 16.8. The molecular formula is C14H24N6O. The van der Waals surface area contributed by atoms with Crippen LogP contribution >= 0.6 is 0 Å². The lowest BCUT2D eigenvalue weighted by Crippen LogP contribution is -2.27. The highest BCUT2D eigenvalue weighted by Crippen LogP contribution is 2.18. The van der Waals surface area contributed by atoms with E-state index < -0.39 is 0 Å². The maximum Gasteiger partial charge on any atom is 0.223 e. The molecule has 0 aliphatic rings. The summed E-state index contributed by atoms with van der Waals surface area (Å²) in [5, 5.41) is 0. The maximum atomic E-state index is 5.68. The zero-order valence-electron chi connectivity index (χ0n) is 12.6. The molecular weight excluding hydrogens is 268 g/mol. The first-order valence-corrected chi connectivity index (χ1v) is 6.94. The van der Waals surface area contributed by atoms with E-state index in [0.29, 0.717) is 12.3 Å². The fraction of sp³-hybridized carbons (Fsp3) is 0.429. The zero-order chi connectivity index (χ0) is 15.7. The molecule has 0 radical (unpaired) electrons. The Kier molecular flexibility index (Phi) is 7.03. The molecule has 0 atom stereocenters. The summed E-state index contributed by atoms with van der Waals surface area (Å²) in [5.74, 6) is 0.694. The van der Waals surface area contributed by atoms with Gasteiger partial charge in [0.1, 0.15) is 12.4 Å². The molecule has 21 heavy (non-hydrogen) atoms. The van der Waals surface area contributed by atoms with Crippen LogP contribution in [0.3, 0.4) is 0 Å². The molecule has 7 nitrogen and oxygen atoms in total. The van der Waals surface area contributed by atoms with Gasteiger partial charge in [0.15, 0.2) is 5.96 Å². The number of guanidine groups is 2. The van der Waals surface area contributed by atoms with Crippen LogP contribution in [0.2, 0.25) is 0 Å². The minimum Gasteiger partial charge on any atom is -0.492 e. The fourth-order valence-corrected chi connectivity index (χ4v) is 1.74. The van der Waals surface area contributed by atoms with Gasteiger partial charge in [-0.15, -0.1) is 0 Å². The molecule has 0 heterocycles. The van der Waals surface area contributed by atoms with Crippen LogP contribution in [0.25, 0.3) is 0 Å². The lowest BCUT2D eigenvalue weighted by molar-refractivity contribution is 0.223. The van der Waals surface area contributed by atoms with E-state index in [2.05, 4.69) is 28.7 Å². The van der Waals surface area contributed by atoms with E-state index in [1.165, 1.54) is 0 Å². The lowest BCUT2D eigenvalue weighted by atomic mass is 10.3. The molecule has 1 rings (SSSR count). The van der Waals surface area contributed by atoms with E-state index in [1.54, 1.807) is 12.1 Å². The largest absolute Gasteiger partial charge is 0.492 e. The van der Waals surface area contributed by atoms with Gasteiger partial charge in [0, 0.05) is 6.54 Å². The van der Waals surface area contributed by atoms with E-state index in [9.17, 15) is 0 Å². The molecule has 0 saturated carbocycles. The number of rotatable bonds is 7. The van der Waals surface area contributed by atoms with Crippen LogP contribution in [0, 0.1) is 0 Å². The highest BCUT2D eigenvalue weighted by molar-refractivity contribution is 5.93. The summed E-state index contributed by atoms with van der Waals surface area (Å²) in [6, 6.07) is 7.26. The average molecular weight is 292 g/mol. The highest BCUT2D eigenvalue weighted by Gasteiger charge is 2.00. The zero-order valence-corrected chi connectivity index (χ0v) is 12.6. The summed E-state index contributed by atoms with van der Waals surface area (Å²) < 4.78 is 5.68. The summed E-state index contributed by atoms with van der Waals surface area (Å²) in [6.07, 6.45) is 0. The second kappa shape index (κ2) is 8.80. The Morgan fingerprint density at radius 2 is 1.71 bits per heavy atom. The number of nitrogens with zero attached hydrogens (tertiary/aromatic N) is 3. The van der Waals surface area contributed by atoms with E-state index in [-0.39, 0.29) is 11.9 Å². The molecule has 7 heteroatoms. The third-order valence-electron chi connectivity index (χ3n) is 2.89. The van der Waals surface area contributed by atoms with Crippen LogP contribution in [0.15, 0.2) is 34.3 Å². The second-order valence-electron chi connectivity index (χ2n) is 4.38. The van der Waals surface area contributed by atoms with Gasteiger partial charge < -0.3 is 26.8 Å². The van der Waals surface area contributed by atoms with E-state index in [1.807, 2.05) is 12.1 Å². The van der Waals surface area contributed by atoms with Crippen molar-refractivity contribution in [2.45, 2.75) is 13.8 Å². The van der Waals surface area contributed by atoms with E-state index in [0.717, 1.165) is 25.4 Å². The van der Waals surface area contributed by atoms with Crippen molar-refractivity contribution in [3.8, 4) is 5.75 Å². The van der Waals surface area contributed by atoms with Crippen LogP contribution in [-0.4, -0.2) is 43.1 Å². The van der Waals surface area contributed by atoms with Gasteiger partial charge in [-0.25, -0.2) is 4.99 Å². The van der Waals surface area contributed by atoms with Gasteiger partial charge in [0.2, 0.25) is 5.96 Å². The summed E-state index contributed by atoms with van der Waals surface area (Å²) in [4.78, 5) is 10.0. The van der Waals surface area contributed by atoms with Crippen molar-refractivity contribution in [2.24, 2.45) is 27.2 Å². The van der Waals surface area contributed by atoms with Crippen molar-refractivity contribution in [1.29, 1.82) is 0 Å². The minimum absolute atomic E-state index is 0.0187. The first-order valence-electron chi connectivity index (χ1n) is 6.94. The molecule has 0 spiro atoms. The number of benzene rings is 1. The van der Waals surface area contributed by atoms with Crippen molar-refractivity contribution in [3.63, 3.8) is 0 Å². The third-order valence-corrected chi connectivity index (χ3v) is 2.89. The number of hydrogen-bond donors (Lipinski definition) is 3. The highest BCUT2D eigenvalue weighted by atomic mass is 16.5. The smallest absolute Gasteiger partial charge is 0.223 e. The topological polar surface area (TPSA) is 115 Å². The molecule has 0 aliphatic heterocycles. The predicted molar refractivity (Wildman–Crippen MR) is 86.8 cm³/mol. The maximum absolute atomic E-state index is 5.68. The van der Waals surface area contributed by atoms with Gasteiger partial charge in [0.05, 0.1) is 5.69 Å². The lowest BCUT2D eigenvalue weighted by Gasteiger charge is -2.17. The number of likely N-dealkylation sites (N-methyl/N-ethyl adjacent to an activating group) is 1.